The number of hydrogen-bond acceptors (Lipinski definition) is 5. The number of sulfone groups is 1. The summed E-state index contributed by atoms with van der Waals surface area (Å²) in [6.07, 6.45) is 5.22. The van der Waals surface area contributed by atoms with E-state index in [0.29, 0.717) is 25.0 Å². The molecule has 2 saturated carbocycles. The molecule has 2 aromatic carbocycles. The van der Waals surface area contributed by atoms with Crippen LogP contribution >= 0.6 is 11.6 Å². The van der Waals surface area contributed by atoms with Gasteiger partial charge in [-0.05, 0) is 61.8 Å². The second-order valence-corrected chi connectivity index (χ2v) is 12.3. The van der Waals surface area contributed by atoms with Crippen LogP contribution in [0.2, 0.25) is 5.02 Å². The molecule has 196 valence electrons. The van der Waals surface area contributed by atoms with Crippen LogP contribution in [0.25, 0.3) is 0 Å². The number of carbonyl (C=O) groups excluding carboxylic acids is 1. The van der Waals surface area contributed by atoms with Gasteiger partial charge >= 0.3 is 0 Å². The van der Waals surface area contributed by atoms with E-state index in [0.717, 1.165) is 6.07 Å². The van der Waals surface area contributed by atoms with E-state index in [4.69, 9.17) is 11.6 Å². The molecule has 2 fully saturated rings. The van der Waals surface area contributed by atoms with Crippen molar-refractivity contribution in [3.05, 3.63) is 76.8 Å². The summed E-state index contributed by atoms with van der Waals surface area (Å²) in [7, 11) is -3.99. The molecule has 2 N–H and O–H groups in total. The molecule has 12 heteroatoms. The second kappa shape index (κ2) is 9.45. The van der Waals surface area contributed by atoms with Gasteiger partial charge in [0.15, 0.2) is 27.3 Å². The molecule has 1 amide bonds. The van der Waals surface area contributed by atoms with Crippen molar-refractivity contribution in [2.24, 2.45) is 11.8 Å². The fourth-order valence-corrected chi connectivity index (χ4v) is 8.05. The molecule has 5 rings (SSSR count). The summed E-state index contributed by atoms with van der Waals surface area (Å²) in [6, 6.07) is 6.66. The number of rotatable bonds is 6. The van der Waals surface area contributed by atoms with E-state index < -0.39 is 44.0 Å². The lowest BCUT2D eigenvalue weighted by Crippen LogP contribution is -2.50. The molecule has 0 saturated heterocycles. The number of fused-ring (bicyclic) bond motifs is 2. The smallest absolute Gasteiger partial charge is 0.255 e. The van der Waals surface area contributed by atoms with Gasteiger partial charge in [0.2, 0.25) is 0 Å². The topological polar surface area (TPSA) is 101 Å². The summed E-state index contributed by atoms with van der Waals surface area (Å²) < 4.78 is 69.2. The van der Waals surface area contributed by atoms with Crippen LogP contribution in [0.15, 0.2) is 53.7 Å². The first-order chi connectivity index (χ1) is 17.5. The first kappa shape index (κ1) is 25.7. The molecule has 2 atom stereocenters. The van der Waals surface area contributed by atoms with Crippen LogP contribution in [0.5, 0.6) is 0 Å². The molecule has 37 heavy (non-hydrogen) atoms. The van der Waals surface area contributed by atoms with E-state index in [-0.39, 0.29) is 52.4 Å². The summed E-state index contributed by atoms with van der Waals surface area (Å²) in [5.41, 5.74) is -1.51. The molecule has 1 heterocycles. The largest absolute Gasteiger partial charge is 0.387 e. The highest BCUT2D eigenvalue weighted by Crippen LogP contribution is 2.52. The molecule has 7 nitrogen and oxygen atoms in total. The van der Waals surface area contributed by atoms with Crippen LogP contribution in [-0.4, -0.2) is 40.1 Å². The van der Waals surface area contributed by atoms with Crippen molar-refractivity contribution in [2.75, 3.05) is 5.32 Å². The predicted molar refractivity (Wildman–Crippen MR) is 129 cm³/mol. The molecule has 1 aromatic heterocycles. The third-order valence-electron chi connectivity index (χ3n) is 7.53. The number of hydrogen-bond donors (Lipinski definition) is 2. The molecule has 0 spiro atoms. The van der Waals surface area contributed by atoms with Crippen LogP contribution in [-0.2, 0) is 16.4 Å². The minimum absolute atomic E-state index is 0.0693. The van der Waals surface area contributed by atoms with E-state index in [1.165, 1.54) is 12.1 Å². The number of halogens is 4. The van der Waals surface area contributed by atoms with Crippen molar-refractivity contribution < 1.29 is 31.5 Å². The molecule has 0 aliphatic heterocycles. The molecule has 2 bridgehead atoms. The first-order valence-corrected chi connectivity index (χ1v) is 13.6. The molecule has 3 aromatic rings. The Kier molecular flexibility index (Phi) is 6.57. The van der Waals surface area contributed by atoms with Crippen molar-refractivity contribution in [1.29, 1.82) is 0 Å². The van der Waals surface area contributed by atoms with E-state index >= 15 is 0 Å². The maximum Gasteiger partial charge on any atom is 0.255 e. The zero-order valence-corrected chi connectivity index (χ0v) is 20.9. The standard InChI is InChI=1S/C25H23ClF3N3O4S/c26-19-5-2-14(24(33)31-17-11-20(27)23(29)21(28)12-17)8-22(19)37(35,36)18-9-15-3-4-16(10-18)25(15,34)13-32-7-1-6-30-32/h1-2,5-8,11-12,15-16,18,34H,3-4,9-10,13H2,(H,31,33)/t15?,16?,18-,25+. The molecule has 2 aliphatic carbocycles. The molecule has 0 radical (unpaired) electrons. The lowest BCUT2D eigenvalue weighted by Gasteiger charge is -2.42. The Balaban J connectivity index is 1.38. The summed E-state index contributed by atoms with van der Waals surface area (Å²) in [5, 5.41) is 17.0. The third-order valence-corrected chi connectivity index (χ3v) is 10.2. The third kappa shape index (κ3) is 4.64. The fourth-order valence-electron chi connectivity index (χ4n) is 5.65. The minimum Gasteiger partial charge on any atom is -0.387 e. The SMILES string of the molecule is O=C(Nc1cc(F)c(F)c(F)c1)c1ccc(Cl)c(S(=O)(=O)[C@H]2CC3CCC(C2)[C@@]3(O)Cn2cccn2)c1. The number of benzene rings is 2. The van der Waals surface area contributed by atoms with Gasteiger partial charge in [-0.25, -0.2) is 21.6 Å². The van der Waals surface area contributed by atoms with Gasteiger partial charge in [0.05, 0.1) is 27.3 Å². The van der Waals surface area contributed by atoms with Crippen molar-refractivity contribution in [3.8, 4) is 0 Å². The summed E-state index contributed by atoms with van der Waals surface area (Å²) in [4.78, 5) is 12.5. The van der Waals surface area contributed by atoms with E-state index in [9.17, 15) is 31.5 Å². The van der Waals surface area contributed by atoms with Gasteiger partial charge < -0.3 is 10.4 Å². The van der Waals surface area contributed by atoms with Gasteiger partial charge in [-0.15, -0.1) is 0 Å². The van der Waals surface area contributed by atoms with Crippen molar-refractivity contribution in [3.63, 3.8) is 0 Å². The Morgan fingerprint density at radius 2 is 1.78 bits per heavy atom. The quantitative estimate of drug-likeness (QED) is 0.435. The van der Waals surface area contributed by atoms with Crippen LogP contribution in [0.1, 0.15) is 36.0 Å². The van der Waals surface area contributed by atoms with Crippen LogP contribution in [0.3, 0.4) is 0 Å². The monoisotopic (exact) mass is 553 g/mol. The Morgan fingerprint density at radius 1 is 1.14 bits per heavy atom. The van der Waals surface area contributed by atoms with Crippen molar-refractivity contribution in [2.45, 2.75) is 48.0 Å². The highest BCUT2D eigenvalue weighted by Gasteiger charge is 2.56. The molecular formula is C25H23ClF3N3O4S. The number of anilines is 1. The number of amides is 1. The number of aliphatic hydroxyl groups is 1. The highest BCUT2D eigenvalue weighted by molar-refractivity contribution is 7.92. The predicted octanol–water partition coefficient (Wildman–Crippen LogP) is 4.60. The van der Waals surface area contributed by atoms with E-state index in [2.05, 4.69) is 10.4 Å². The number of aromatic nitrogens is 2. The first-order valence-electron chi connectivity index (χ1n) is 11.7. The number of nitrogens with zero attached hydrogens (tertiary/aromatic N) is 2. The Hall–Kier alpha value is -2.89. The summed E-state index contributed by atoms with van der Waals surface area (Å²) >= 11 is 6.25. The summed E-state index contributed by atoms with van der Waals surface area (Å²) in [5.74, 6) is -5.97. The Bertz CT molecular complexity index is 1430. The van der Waals surface area contributed by atoms with Crippen molar-refractivity contribution in [1.82, 2.24) is 9.78 Å². The molecule has 2 aliphatic rings. The second-order valence-electron chi connectivity index (χ2n) is 9.66. The fraction of sp³-hybridized carbons (Fsp3) is 0.360. The minimum atomic E-state index is -3.99. The van der Waals surface area contributed by atoms with Gasteiger partial charge in [0.1, 0.15) is 0 Å². The maximum absolute atomic E-state index is 13.7. The van der Waals surface area contributed by atoms with Crippen LogP contribution in [0.4, 0.5) is 18.9 Å². The highest BCUT2D eigenvalue weighted by atomic mass is 35.5. The average molecular weight is 554 g/mol. The molecule has 2 unspecified atom stereocenters. The maximum atomic E-state index is 13.7. The normalized spacial score (nSPS) is 25.3. The molecular weight excluding hydrogens is 531 g/mol. The Morgan fingerprint density at radius 3 is 2.38 bits per heavy atom. The van der Waals surface area contributed by atoms with Crippen LogP contribution < -0.4 is 5.32 Å². The van der Waals surface area contributed by atoms with Crippen LogP contribution in [0, 0.1) is 29.3 Å². The Labute approximate surface area is 216 Å². The van der Waals surface area contributed by atoms with Crippen molar-refractivity contribution >= 4 is 33.0 Å². The number of carbonyl (C=O) groups is 1. The van der Waals surface area contributed by atoms with Gasteiger partial charge in [0, 0.05) is 35.8 Å². The average Bonchev–Trinajstić information content (AvgIpc) is 3.36. The lowest BCUT2D eigenvalue weighted by molar-refractivity contribution is -0.0735. The lowest BCUT2D eigenvalue weighted by atomic mass is 9.74. The zero-order valence-electron chi connectivity index (χ0n) is 19.4. The van der Waals surface area contributed by atoms with Gasteiger partial charge in [-0.1, -0.05) is 11.6 Å². The number of nitrogens with one attached hydrogen (secondary N) is 1. The van der Waals surface area contributed by atoms with Gasteiger partial charge in [0.25, 0.3) is 5.91 Å². The zero-order chi connectivity index (χ0) is 26.5. The summed E-state index contributed by atoms with van der Waals surface area (Å²) in [6.45, 7) is 0.281. The van der Waals surface area contributed by atoms with Gasteiger partial charge in [-0.2, -0.15) is 5.10 Å². The van der Waals surface area contributed by atoms with Gasteiger partial charge in [-0.3, -0.25) is 9.48 Å². The van der Waals surface area contributed by atoms with E-state index in [1.54, 1.807) is 23.1 Å². The van der Waals surface area contributed by atoms with E-state index in [1.807, 2.05) is 0 Å².